The highest BCUT2D eigenvalue weighted by Crippen LogP contribution is 2.50. The van der Waals surface area contributed by atoms with Crippen LogP contribution in [0.15, 0.2) is 47.6 Å². The van der Waals surface area contributed by atoms with Crippen molar-refractivity contribution in [1.29, 1.82) is 0 Å². The minimum absolute atomic E-state index is 0.243. The van der Waals surface area contributed by atoms with Crippen LogP contribution in [0.1, 0.15) is 31.2 Å². The summed E-state index contributed by atoms with van der Waals surface area (Å²) in [6.45, 7) is 3.87. The lowest BCUT2D eigenvalue weighted by Gasteiger charge is -2.26. The van der Waals surface area contributed by atoms with Crippen LogP contribution >= 0.6 is 0 Å². The molecule has 0 saturated heterocycles. The van der Waals surface area contributed by atoms with E-state index in [4.69, 9.17) is 15.2 Å². The Balaban J connectivity index is 1.41. The highest BCUT2D eigenvalue weighted by Gasteiger charge is 2.47. The molecule has 0 bridgehead atoms. The standard InChI is InChI=1S/C23H27N9O/c1-23(17-4-5-17,18-6-7-19(25-13-18)15-10-26-22(24)27-11-15)21-29-20(33-30-21)16-12-28-32(14-16)9-8-31(2)3/h6-7,10-14,17H,4-5,8-9H2,1-3H3,(H2,24,26,27)/t23-/m0/s1. The number of pyridine rings is 1. The second-order valence-corrected chi connectivity index (χ2v) is 8.96. The summed E-state index contributed by atoms with van der Waals surface area (Å²) in [6, 6.07) is 4.05. The minimum Gasteiger partial charge on any atom is -0.368 e. The molecule has 2 N–H and O–H groups in total. The Morgan fingerprint density at radius 3 is 2.55 bits per heavy atom. The van der Waals surface area contributed by atoms with Gasteiger partial charge in [0.1, 0.15) is 0 Å². The van der Waals surface area contributed by atoms with E-state index in [2.05, 4.69) is 43.1 Å². The number of anilines is 1. The molecule has 0 amide bonds. The smallest absolute Gasteiger partial charge is 0.261 e. The summed E-state index contributed by atoms with van der Waals surface area (Å²) in [7, 11) is 4.08. The van der Waals surface area contributed by atoms with E-state index in [0.717, 1.165) is 48.3 Å². The molecule has 33 heavy (non-hydrogen) atoms. The molecular weight excluding hydrogens is 418 g/mol. The molecule has 0 aromatic carbocycles. The lowest BCUT2D eigenvalue weighted by Crippen LogP contribution is -2.28. The highest BCUT2D eigenvalue weighted by molar-refractivity contribution is 5.58. The molecule has 0 spiro atoms. The number of nitrogens with zero attached hydrogens (tertiary/aromatic N) is 8. The maximum absolute atomic E-state index is 5.67. The third-order valence-electron chi connectivity index (χ3n) is 6.27. The summed E-state index contributed by atoms with van der Waals surface area (Å²) in [5.74, 6) is 1.84. The van der Waals surface area contributed by atoms with E-state index in [1.165, 1.54) is 0 Å². The summed E-state index contributed by atoms with van der Waals surface area (Å²) in [4.78, 5) is 19.7. The van der Waals surface area contributed by atoms with Crippen LogP contribution in [0.4, 0.5) is 5.95 Å². The molecule has 0 aliphatic heterocycles. The van der Waals surface area contributed by atoms with Crippen molar-refractivity contribution in [3.63, 3.8) is 0 Å². The molecule has 4 aromatic rings. The number of rotatable bonds is 8. The monoisotopic (exact) mass is 445 g/mol. The molecule has 4 heterocycles. The van der Waals surface area contributed by atoms with Gasteiger partial charge < -0.3 is 15.2 Å². The summed E-state index contributed by atoms with van der Waals surface area (Å²) in [6.07, 6.45) is 11.2. The van der Waals surface area contributed by atoms with Gasteiger partial charge in [0.15, 0.2) is 5.82 Å². The second-order valence-electron chi connectivity index (χ2n) is 8.96. The molecule has 1 aliphatic carbocycles. The van der Waals surface area contributed by atoms with Crippen molar-refractivity contribution >= 4 is 5.95 Å². The van der Waals surface area contributed by atoms with Crippen molar-refractivity contribution in [3.05, 3.63) is 54.5 Å². The Kier molecular flexibility index (Phi) is 5.37. The van der Waals surface area contributed by atoms with Gasteiger partial charge in [0.05, 0.1) is 29.4 Å². The molecule has 10 heteroatoms. The summed E-state index contributed by atoms with van der Waals surface area (Å²) >= 11 is 0. The zero-order valence-electron chi connectivity index (χ0n) is 19.0. The van der Waals surface area contributed by atoms with Crippen molar-refractivity contribution < 1.29 is 4.52 Å². The molecule has 10 nitrogen and oxygen atoms in total. The average Bonchev–Trinajstić information content (AvgIpc) is 3.37. The first kappa shape index (κ1) is 21.2. The number of nitrogen functional groups attached to an aromatic ring is 1. The topological polar surface area (TPSA) is 125 Å². The second kappa shape index (κ2) is 8.36. The number of hydrogen-bond donors (Lipinski definition) is 1. The number of nitrogens with two attached hydrogens (primary N) is 1. The van der Waals surface area contributed by atoms with Gasteiger partial charge in [-0.3, -0.25) is 9.67 Å². The van der Waals surface area contributed by atoms with E-state index in [9.17, 15) is 0 Å². The van der Waals surface area contributed by atoms with E-state index in [0.29, 0.717) is 17.6 Å². The third-order valence-corrected chi connectivity index (χ3v) is 6.27. The van der Waals surface area contributed by atoms with Crippen LogP contribution in [0.25, 0.3) is 22.7 Å². The fourth-order valence-corrected chi connectivity index (χ4v) is 4.00. The van der Waals surface area contributed by atoms with Crippen molar-refractivity contribution in [1.82, 2.24) is 39.8 Å². The molecule has 1 saturated carbocycles. The molecule has 1 aliphatic rings. The van der Waals surface area contributed by atoms with Crippen LogP contribution in [-0.2, 0) is 12.0 Å². The van der Waals surface area contributed by atoms with Crippen LogP contribution in [-0.4, -0.2) is 60.4 Å². The van der Waals surface area contributed by atoms with Gasteiger partial charge in [-0.15, -0.1) is 0 Å². The van der Waals surface area contributed by atoms with Gasteiger partial charge in [-0.25, -0.2) is 9.97 Å². The summed E-state index contributed by atoms with van der Waals surface area (Å²) < 4.78 is 7.56. The lowest BCUT2D eigenvalue weighted by atomic mass is 9.77. The fraction of sp³-hybridized carbons (Fsp3) is 0.391. The Morgan fingerprint density at radius 2 is 1.88 bits per heavy atom. The van der Waals surface area contributed by atoms with Crippen molar-refractivity contribution in [3.8, 4) is 22.7 Å². The van der Waals surface area contributed by atoms with Crippen molar-refractivity contribution in [2.24, 2.45) is 5.92 Å². The highest BCUT2D eigenvalue weighted by atomic mass is 16.5. The molecule has 170 valence electrons. The average molecular weight is 446 g/mol. The Hall–Kier alpha value is -3.66. The molecule has 0 unspecified atom stereocenters. The first-order valence-corrected chi connectivity index (χ1v) is 11.0. The Morgan fingerprint density at radius 1 is 1.09 bits per heavy atom. The van der Waals surface area contributed by atoms with Crippen LogP contribution in [0.5, 0.6) is 0 Å². The number of hydrogen-bond acceptors (Lipinski definition) is 9. The van der Waals surface area contributed by atoms with Gasteiger partial charge in [-0.2, -0.15) is 10.1 Å². The maximum atomic E-state index is 5.67. The van der Waals surface area contributed by atoms with E-state index in [1.54, 1.807) is 18.6 Å². The summed E-state index contributed by atoms with van der Waals surface area (Å²) in [5, 5.41) is 8.80. The van der Waals surface area contributed by atoms with Crippen LogP contribution in [0.3, 0.4) is 0 Å². The maximum Gasteiger partial charge on any atom is 0.261 e. The molecular formula is C23H27N9O. The first-order valence-electron chi connectivity index (χ1n) is 11.0. The van der Waals surface area contributed by atoms with E-state index < -0.39 is 0 Å². The van der Waals surface area contributed by atoms with E-state index >= 15 is 0 Å². The summed E-state index contributed by atoms with van der Waals surface area (Å²) in [5.41, 5.74) is 8.69. The normalized spacial score (nSPS) is 15.6. The van der Waals surface area contributed by atoms with E-state index in [1.807, 2.05) is 37.2 Å². The SMILES string of the molecule is CN(C)CCn1cc(-c2nc([C@](C)(c3ccc(-c4cnc(N)nc4)nc3)C3CC3)no2)cn1. The van der Waals surface area contributed by atoms with Crippen molar-refractivity contribution in [2.45, 2.75) is 31.7 Å². The largest absolute Gasteiger partial charge is 0.368 e. The van der Waals surface area contributed by atoms with Crippen LogP contribution in [0, 0.1) is 5.92 Å². The molecule has 0 radical (unpaired) electrons. The van der Waals surface area contributed by atoms with Crippen LogP contribution < -0.4 is 5.73 Å². The fourth-order valence-electron chi connectivity index (χ4n) is 4.00. The molecule has 1 fully saturated rings. The van der Waals surface area contributed by atoms with E-state index in [-0.39, 0.29) is 11.4 Å². The first-order chi connectivity index (χ1) is 15.9. The van der Waals surface area contributed by atoms with Gasteiger partial charge in [0.25, 0.3) is 5.89 Å². The zero-order chi connectivity index (χ0) is 23.0. The minimum atomic E-state index is -0.383. The third kappa shape index (κ3) is 4.21. The van der Waals surface area contributed by atoms with Gasteiger partial charge in [-0.1, -0.05) is 11.2 Å². The van der Waals surface area contributed by atoms with Gasteiger partial charge in [-0.05, 0) is 51.4 Å². The molecule has 1 atom stereocenters. The predicted molar refractivity (Wildman–Crippen MR) is 123 cm³/mol. The van der Waals surface area contributed by atoms with Gasteiger partial charge >= 0.3 is 0 Å². The zero-order valence-corrected chi connectivity index (χ0v) is 19.0. The van der Waals surface area contributed by atoms with Gasteiger partial charge in [0, 0.05) is 36.9 Å². The predicted octanol–water partition coefficient (Wildman–Crippen LogP) is 2.64. The molecule has 5 rings (SSSR count). The van der Waals surface area contributed by atoms with Crippen molar-refractivity contribution in [2.75, 3.05) is 26.4 Å². The van der Waals surface area contributed by atoms with Gasteiger partial charge in [0.2, 0.25) is 5.95 Å². The molecule has 4 aromatic heterocycles. The lowest BCUT2D eigenvalue weighted by molar-refractivity contribution is 0.373. The van der Waals surface area contributed by atoms with Crippen LogP contribution in [0.2, 0.25) is 0 Å². The number of aromatic nitrogens is 7. The number of likely N-dealkylation sites (N-methyl/N-ethyl adjacent to an activating group) is 1. The quantitative estimate of drug-likeness (QED) is 0.436. The Labute approximate surface area is 191 Å². The Bertz CT molecular complexity index is 1230.